The molecule has 4 heterocycles. The van der Waals surface area contributed by atoms with Crippen molar-refractivity contribution in [3.63, 3.8) is 0 Å². The van der Waals surface area contributed by atoms with Gasteiger partial charge in [0.15, 0.2) is 0 Å². The van der Waals surface area contributed by atoms with Crippen LogP contribution in [-0.4, -0.2) is 50.5 Å². The minimum absolute atomic E-state index is 0.0928. The van der Waals surface area contributed by atoms with E-state index >= 15 is 0 Å². The van der Waals surface area contributed by atoms with E-state index in [2.05, 4.69) is 9.97 Å². The Balaban J connectivity index is 1.34. The highest BCUT2D eigenvalue weighted by molar-refractivity contribution is 8.01. The third kappa shape index (κ3) is 2.91. The SMILES string of the molecule is O=C(c1ccncc1)N1CC2(C[C@@H](Oc3cccnc3)CS2)C1. The molecule has 0 unspecified atom stereocenters. The first-order chi connectivity index (χ1) is 11.2. The van der Waals surface area contributed by atoms with Crippen LogP contribution in [0.5, 0.6) is 5.75 Å². The Morgan fingerprint density at radius 1 is 1.22 bits per heavy atom. The molecule has 0 aliphatic carbocycles. The number of hydrogen-bond donors (Lipinski definition) is 0. The van der Waals surface area contributed by atoms with E-state index in [1.165, 1.54) is 0 Å². The Morgan fingerprint density at radius 2 is 2.04 bits per heavy atom. The van der Waals surface area contributed by atoms with Crippen LogP contribution in [0.1, 0.15) is 16.8 Å². The van der Waals surface area contributed by atoms with E-state index in [1.807, 2.05) is 28.8 Å². The van der Waals surface area contributed by atoms with E-state index in [9.17, 15) is 4.79 Å². The number of carbonyl (C=O) groups is 1. The maximum atomic E-state index is 12.4. The van der Waals surface area contributed by atoms with E-state index in [0.717, 1.165) is 31.0 Å². The van der Waals surface area contributed by atoms with Crippen LogP contribution in [0, 0.1) is 0 Å². The average molecular weight is 327 g/mol. The average Bonchev–Trinajstić information content (AvgIpc) is 2.99. The van der Waals surface area contributed by atoms with Gasteiger partial charge in [-0.05, 0) is 24.3 Å². The van der Waals surface area contributed by atoms with Crippen molar-refractivity contribution in [2.75, 3.05) is 18.8 Å². The first kappa shape index (κ1) is 14.5. The molecule has 0 bridgehead atoms. The summed E-state index contributed by atoms with van der Waals surface area (Å²) in [5.41, 5.74) is 0.709. The summed E-state index contributed by atoms with van der Waals surface area (Å²) < 4.78 is 6.15. The summed E-state index contributed by atoms with van der Waals surface area (Å²) in [7, 11) is 0. The largest absolute Gasteiger partial charge is 0.488 e. The number of aromatic nitrogens is 2. The molecule has 0 N–H and O–H groups in total. The molecular weight excluding hydrogens is 310 g/mol. The smallest absolute Gasteiger partial charge is 0.254 e. The summed E-state index contributed by atoms with van der Waals surface area (Å²) in [6, 6.07) is 7.35. The normalized spacial score (nSPS) is 21.9. The Labute approximate surface area is 139 Å². The maximum absolute atomic E-state index is 12.4. The fourth-order valence-corrected chi connectivity index (χ4v) is 4.70. The number of ether oxygens (including phenoxy) is 1. The standard InChI is InChI=1S/C17H17N3O2S/c21-16(13-3-6-18-7-4-13)20-11-17(12-20)8-15(10-23-17)22-14-2-1-5-19-9-14/h1-7,9,15H,8,10-12H2/t15-/m1/s1. The first-order valence-electron chi connectivity index (χ1n) is 7.64. The molecule has 118 valence electrons. The van der Waals surface area contributed by atoms with Gasteiger partial charge in [0.05, 0.1) is 10.9 Å². The number of nitrogens with zero attached hydrogens (tertiary/aromatic N) is 3. The van der Waals surface area contributed by atoms with Crippen molar-refractivity contribution in [1.29, 1.82) is 0 Å². The number of rotatable bonds is 3. The topological polar surface area (TPSA) is 55.3 Å². The van der Waals surface area contributed by atoms with Gasteiger partial charge in [0.1, 0.15) is 11.9 Å². The minimum atomic E-state index is 0.0928. The lowest BCUT2D eigenvalue weighted by molar-refractivity contribution is 0.0518. The molecule has 5 nitrogen and oxygen atoms in total. The lowest BCUT2D eigenvalue weighted by Gasteiger charge is -2.47. The van der Waals surface area contributed by atoms with Crippen LogP contribution in [-0.2, 0) is 0 Å². The Morgan fingerprint density at radius 3 is 2.78 bits per heavy atom. The summed E-state index contributed by atoms with van der Waals surface area (Å²) in [6.07, 6.45) is 7.98. The molecule has 2 aliphatic heterocycles. The molecule has 2 aliphatic rings. The van der Waals surface area contributed by atoms with Crippen LogP contribution < -0.4 is 4.74 Å². The monoisotopic (exact) mass is 327 g/mol. The lowest BCUT2D eigenvalue weighted by Crippen LogP contribution is -2.60. The predicted molar refractivity (Wildman–Crippen MR) is 88.6 cm³/mol. The number of hydrogen-bond acceptors (Lipinski definition) is 5. The molecule has 2 aromatic rings. The highest BCUT2D eigenvalue weighted by Gasteiger charge is 2.51. The van der Waals surface area contributed by atoms with E-state index in [-0.39, 0.29) is 16.8 Å². The van der Waals surface area contributed by atoms with Crippen molar-refractivity contribution in [2.45, 2.75) is 17.3 Å². The van der Waals surface area contributed by atoms with Crippen LogP contribution in [0.3, 0.4) is 0 Å². The molecule has 0 aromatic carbocycles. The van der Waals surface area contributed by atoms with Gasteiger partial charge >= 0.3 is 0 Å². The molecule has 2 saturated heterocycles. The van der Waals surface area contributed by atoms with Gasteiger partial charge in [0.25, 0.3) is 5.91 Å². The fourth-order valence-electron chi connectivity index (χ4n) is 3.18. The highest BCUT2D eigenvalue weighted by Crippen LogP contribution is 2.46. The third-order valence-corrected chi connectivity index (χ3v) is 5.86. The number of amides is 1. The molecule has 23 heavy (non-hydrogen) atoms. The van der Waals surface area contributed by atoms with E-state index in [1.54, 1.807) is 36.9 Å². The zero-order valence-corrected chi connectivity index (χ0v) is 13.4. The van der Waals surface area contributed by atoms with Crippen molar-refractivity contribution >= 4 is 17.7 Å². The zero-order valence-electron chi connectivity index (χ0n) is 12.6. The molecule has 2 fully saturated rings. The van der Waals surface area contributed by atoms with Crippen molar-refractivity contribution in [3.05, 3.63) is 54.6 Å². The molecule has 1 amide bonds. The van der Waals surface area contributed by atoms with E-state index in [0.29, 0.717) is 5.56 Å². The summed E-state index contributed by atoms with van der Waals surface area (Å²) in [6.45, 7) is 1.59. The van der Waals surface area contributed by atoms with Gasteiger partial charge in [-0.15, -0.1) is 11.8 Å². The quantitative estimate of drug-likeness (QED) is 0.865. The zero-order chi connectivity index (χ0) is 15.7. The van der Waals surface area contributed by atoms with Gasteiger partial charge < -0.3 is 9.64 Å². The number of thioether (sulfide) groups is 1. The molecule has 0 radical (unpaired) electrons. The minimum Gasteiger partial charge on any atom is -0.488 e. The molecule has 2 aromatic heterocycles. The van der Waals surface area contributed by atoms with Gasteiger partial charge in [-0.1, -0.05) is 0 Å². The Kier molecular flexibility index (Phi) is 3.69. The molecule has 1 atom stereocenters. The van der Waals surface area contributed by atoms with Gasteiger partial charge in [-0.3, -0.25) is 14.8 Å². The predicted octanol–water partition coefficient (Wildman–Crippen LogP) is 2.26. The van der Waals surface area contributed by atoms with Gasteiger partial charge in [-0.2, -0.15) is 0 Å². The summed E-state index contributed by atoms with van der Waals surface area (Å²) in [5.74, 6) is 1.88. The van der Waals surface area contributed by atoms with Crippen LogP contribution in [0.25, 0.3) is 0 Å². The van der Waals surface area contributed by atoms with Gasteiger partial charge in [-0.25, -0.2) is 0 Å². The van der Waals surface area contributed by atoms with Crippen LogP contribution in [0.15, 0.2) is 49.1 Å². The molecule has 0 saturated carbocycles. The molecular formula is C17H17N3O2S. The summed E-state index contributed by atoms with van der Waals surface area (Å²) in [4.78, 5) is 22.3. The lowest BCUT2D eigenvalue weighted by atomic mass is 9.92. The molecule has 6 heteroatoms. The summed E-state index contributed by atoms with van der Waals surface area (Å²) in [5, 5.41) is 0. The summed E-state index contributed by atoms with van der Waals surface area (Å²) >= 11 is 1.92. The number of carbonyl (C=O) groups excluding carboxylic acids is 1. The van der Waals surface area contributed by atoms with Crippen molar-refractivity contribution in [1.82, 2.24) is 14.9 Å². The number of likely N-dealkylation sites (tertiary alicyclic amines) is 1. The highest BCUT2D eigenvalue weighted by atomic mass is 32.2. The van der Waals surface area contributed by atoms with Crippen molar-refractivity contribution in [3.8, 4) is 5.75 Å². The van der Waals surface area contributed by atoms with E-state index < -0.39 is 0 Å². The second kappa shape index (κ2) is 5.85. The van der Waals surface area contributed by atoms with E-state index in [4.69, 9.17) is 4.74 Å². The first-order valence-corrected chi connectivity index (χ1v) is 8.63. The van der Waals surface area contributed by atoms with Crippen molar-refractivity contribution < 1.29 is 9.53 Å². The van der Waals surface area contributed by atoms with Crippen LogP contribution in [0.2, 0.25) is 0 Å². The second-order valence-corrected chi connectivity index (χ2v) is 7.51. The van der Waals surface area contributed by atoms with Crippen molar-refractivity contribution in [2.24, 2.45) is 0 Å². The second-order valence-electron chi connectivity index (χ2n) is 6.02. The molecule has 4 rings (SSSR count). The fraction of sp³-hybridized carbons (Fsp3) is 0.353. The van der Waals surface area contributed by atoms with Crippen LogP contribution >= 0.6 is 11.8 Å². The van der Waals surface area contributed by atoms with Crippen LogP contribution in [0.4, 0.5) is 0 Å². The van der Waals surface area contributed by atoms with Gasteiger partial charge in [0.2, 0.25) is 0 Å². The Hall–Kier alpha value is -2.08. The van der Waals surface area contributed by atoms with Gasteiger partial charge in [0, 0.05) is 49.4 Å². The number of pyridine rings is 2. The Bertz CT molecular complexity index is 689. The third-order valence-electron chi connectivity index (χ3n) is 4.28. The maximum Gasteiger partial charge on any atom is 0.254 e. The molecule has 1 spiro atoms.